The molecule has 0 bridgehead atoms. The number of nitrogens with one attached hydrogen (secondary N) is 1. The molecule has 0 aromatic carbocycles. The Morgan fingerprint density at radius 2 is 2.25 bits per heavy atom. The van der Waals surface area contributed by atoms with Gasteiger partial charge in [0, 0.05) is 26.3 Å². The molecule has 1 aliphatic rings. The third kappa shape index (κ3) is 3.02. The quantitative estimate of drug-likeness (QED) is 0.657. The number of carbonyl (C=O) groups excluding carboxylic acids is 2. The maximum Gasteiger partial charge on any atom is 0.246 e. The van der Waals surface area contributed by atoms with Gasteiger partial charge in [-0.15, -0.1) is 0 Å². The predicted molar refractivity (Wildman–Crippen MR) is 59.9 cm³/mol. The molecule has 5 heteroatoms. The van der Waals surface area contributed by atoms with E-state index in [2.05, 4.69) is 5.32 Å². The fourth-order valence-electron chi connectivity index (χ4n) is 1.87. The summed E-state index contributed by atoms with van der Waals surface area (Å²) in [6.45, 7) is 4.92. The summed E-state index contributed by atoms with van der Waals surface area (Å²) in [4.78, 5) is 24.5. The lowest BCUT2D eigenvalue weighted by atomic mass is 10.2. The van der Waals surface area contributed by atoms with Crippen LogP contribution in [0.4, 0.5) is 0 Å². The summed E-state index contributed by atoms with van der Waals surface area (Å²) in [7, 11) is 1.65. The van der Waals surface area contributed by atoms with E-state index in [1.807, 2.05) is 13.8 Å². The molecular formula is C11H20N2O3. The maximum atomic E-state index is 11.8. The van der Waals surface area contributed by atoms with Gasteiger partial charge in [0.1, 0.15) is 0 Å². The van der Waals surface area contributed by atoms with E-state index in [-0.39, 0.29) is 30.3 Å². The van der Waals surface area contributed by atoms with Crippen LogP contribution in [0.25, 0.3) is 0 Å². The number of hydrogen-bond donors (Lipinski definition) is 1. The molecule has 0 aromatic heterocycles. The van der Waals surface area contributed by atoms with E-state index >= 15 is 0 Å². The summed E-state index contributed by atoms with van der Waals surface area (Å²) in [6.07, 6.45) is 1.12. The number of imide groups is 1. The Bertz CT molecular complexity index is 268. The summed E-state index contributed by atoms with van der Waals surface area (Å²) in [6, 6.07) is -0.169. The minimum Gasteiger partial charge on any atom is -0.385 e. The molecule has 1 fully saturated rings. The van der Waals surface area contributed by atoms with Crippen LogP contribution in [-0.4, -0.2) is 49.1 Å². The third-order valence-corrected chi connectivity index (χ3v) is 2.80. The van der Waals surface area contributed by atoms with Crippen LogP contribution >= 0.6 is 0 Å². The van der Waals surface area contributed by atoms with Gasteiger partial charge in [0.2, 0.25) is 11.8 Å². The van der Waals surface area contributed by atoms with Crippen LogP contribution in [0.15, 0.2) is 0 Å². The zero-order valence-electron chi connectivity index (χ0n) is 10.2. The Labute approximate surface area is 96.1 Å². The highest BCUT2D eigenvalue weighted by Crippen LogP contribution is 2.13. The van der Waals surface area contributed by atoms with Crippen LogP contribution in [-0.2, 0) is 14.3 Å². The van der Waals surface area contributed by atoms with E-state index in [4.69, 9.17) is 4.74 Å². The van der Waals surface area contributed by atoms with E-state index in [9.17, 15) is 9.59 Å². The number of carbonyl (C=O) groups is 2. The van der Waals surface area contributed by atoms with Crippen molar-refractivity contribution in [1.29, 1.82) is 0 Å². The lowest BCUT2D eigenvalue weighted by Gasteiger charge is -2.18. The first-order chi connectivity index (χ1) is 7.60. The molecular weight excluding hydrogens is 208 g/mol. The molecule has 1 rings (SSSR count). The number of nitrogens with zero attached hydrogens (tertiary/aromatic N) is 1. The van der Waals surface area contributed by atoms with Crippen LogP contribution in [0.2, 0.25) is 0 Å². The van der Waals surface area contributed by atoms with Gasteiger partial charge >= 0.3 is 0 Å². The average Bonchev–Trinajstić information content (AvgIpc) is 2.51. The Hall–Kier alpha value is -0.940. The van der Waals surface area contributed by atoms with Crippen molar-refractivity contribution in [2.45, 2.75) is 38.8 Å². The SMILES string of the molecule is CCN1C(=O)CC(NC(C)CCOC)C1=O. The molecule has 2 unspecified atom stereocenters. The highest BCUT2D eigenvalue weighted by molar-refractivity contribution is 6.05. The van der Waals surface area contributed by atoms with E-state index in [0.29, 0.717) is 13.2 Å². The van der Waals surface area contributed by atoms with Crippen LogP contribution in [0.3, 0.4) is 0 Å². The van der Waals surface area contributed by atoms with Gasteiger partial charge in [-0.05, 0) is 20.3 Å². The topological polar surface area (TPSA) is 58.6 Å². The van der Waals surface area contributed by atoms with Crippen molar-refractivity contribution in [3.05, 3.63) is 0 Å². The third-order valence-electron chi connectivity index (χ3n) is 2.80. The van der Waals surface area contributed by atoms with Gasteiger partial charge < -0.3 is 10.1 Å². The number of rotatable bonds is 6. The fraction of sp³-hybridized carbons (Fsp3) is 0.818. The highest BCUT2D eigenvalue weighted by atomic mass is 16.5. The summed E-state index contributed by atoms with van der Waals surface area (Å²) in [5.41, 5.74) is 0. The molecule has 92 valence electrons. The van der Waals surface area contributed by atoms with E-state index in [1.54, 1.807) is 7.11 Å². The summed E-state index contributed by atoms with van der Waals surface area (Å²) in [5, 5.41) is 3.17. The minimum absolute atomic E-state index is 0.0797. The number of methoxy groups -OCH3 is 1. The van der Waals surface area contributed by atoms with E-state index in [1.165, 1.54) is 4.90 Å². The first-order valence-corrected chi connectivity index (χ1v) is 5.69. The van der Waals surface area contributed by atoms with Gasteiger partial charge in [-0.25, -0.2) is 0 Å². The van der Waals surface area contributed by atoms with Crippen LogP contribution < -0.4 is 5.32 Å². The van der Waals surface area contributed by atoms with Crippen molar-refractivity contribution in [2.75, 3.05) is 20.3 Å². The zero-order chi connectivity index (χ0) is 12.1. The minimum atomic E-state index is -0.348. The van der Waals surface area contributed by atoms with Crippen molar-refractivity contribution in [1.82, 2.24) is 10.2 Å². The van der Waals surface area contributed by atoms with Crippen molar-refractivity contribution in [2.24, 2.45) is 0 Å². The molecule has 1 aliphatic heterocycles. The molecule has 1 heterocycles. The normalized spacial score (nSPS) is 22.9. The molecule has 16 heavy (non-hydrogen) atoms. The summed E-state index contributed by atoms with van der Waals surface area (Å²) < 4.78 is 4.96. The smallest absolute Gasteiger partial charge is 0.246 e. The molecule has 0 saturated carbocycles. The lowest BCUT2D eigenvalue weighted by Crippen LogP contribution is -2.43. The van der Waals surface area contributed by atoms with Crippen LogP contribution in [0, 0.1) is 0 Å². The predicted octanol–water partition coefficient (Wildman–Crippen LogP) is 0.148. The molecule has 1 saturated heterocycles. The number of likely N-dealkylation sites (N-methyl/N-ethyl adjacent to an activating group) is 1. The Balaban J connectivity index is 2.44. The molecule has 2 amide bonds. The standard InChI is InChI=1S/C11H20N2O3/c1-4-13-10(14)7-9(11(13)15)12-8(2)5-6-16-3/h8-9,12H,4-7H2,1-3H3. The molecule has 1 N–H and O–H groups in total. The Kier molecular flexibility index (Phi) is 4.89. The molecule has 0 spiro atoms. The van der Waals surface area contributed by atoms with Crippen molar-refractivity contribution in [3.8, 4) is 0 Å². The second-order valence-corrected chi connectivity index (χ2v) is 4.08. The fourth-order valence-corrected chi connectivity index (χ4v) is 1.87. The molecule has 0 aromatic rings. The largest absolute Gasteiger partial charge is 0.385 e. The zero-order valence-corrected chi connectivity index (χ0v) is 10.2. The second-order valence-electron chi connectivity index (χ2n) is 4.08. The van der Waals surface area contributed by atoms with Crippen LogP contribution in [0.1, 0.15) is 26.7 Å². The maximum absolute atomic E-state index is 11.8. The number of amides is 2. The molecule has 0 aliphatic carbocycles. The number of hydrogen-bond acceptors (Lipinski definition) is 4. The van der Waals surface area contributed by atoms with Crippen LogP contribution in [0.5, 0.6) is 0 Å². The molecule has 2 atom stereocenters. The first-order valence-electron chi connectivity index (χ1n) is 5.69. The van der Waals surface area contributed by atoms with Gasteiger partial charge in [-0.1, -0.05) is 0 Å². The van der Waals surface area contributed by atoms with E-state index < -0.39 is 0 Å². The number of ether oxygens (including phenoxy) is 1. The van der Waals surface area contributed by atoms with Gasteiger partial charge in [-0.3, -0.25) is 14.5 Å². The average molecular weight is 228 g/mol. The Morgan fingerprint density at radius 3 is 2.75 bits per heavy atom. The van der Waals surface area contributed by atoms with E-state index in [0.717, 1.165) is 6.42 Å². The van der Waals surface area contributed by atoms with Gasteiger partial charge in [0.25, 0.3) is 0 Å². The van der Waals surface area contributed by atoms with Gasteiger partial charge in [-0.2, -0.15) is 0 Å². The second kappa shape index (κ2) is 5.96. The van der Waals surface area contributed by atoms with Gasteiger partial charge in [0.05, 0.1) is 12.5 Å². The lowest BCUT2D eigenvalue weighted by molar-refractivity contribution is -0.138. The summed E-state index contributed by atoms with van der Waals surface area (Å²) in [5.74, 6) is -0.180. The van der Waals surface area contributed by atoms with Crippen molar-refractivity contribution in [3.63, 3.8) is 0 Å². The Morgan fingerprint density at radius 1 is 1.56 bits per heavy atom. The number of likely N-dealkylation sites (tertiary alicyclic amines) is 1. The van der Waals surface area contributed by atoms with Crippen molar-refractivity contribution < 1.29 is 14.3 Å². The summed E-state index contributed by atoms with van der Waals surface area (Å²) >= 11 is 0. The monoisotopic (exact) mass is 228 g/mol. The molecule has 5 nitrogen and oxygen atoms in total. The first kappa shape index (κ1) is 13.1. The molecule has 0 radical (unpaired) electrons. The highest BCUT2D eigenvalue weighted by Gasteiger charge is 2.37. The van der Waals surface area contributed by atoms with Crippen molar-refractivity contribution >= 4 is 11.8 Å². The van der Waals surface area contributed by atoms with Gasteiger partial charge in [0.15, 0.2) is 0 Å².